The van der Waals surface area contributed by atoms with E-state index in [9.17, 15) is 8.42 Å². The number of nitrogens with zero attached hydrogens (tertiary/aromatic N) is 3. The Morgan fingerprint density at radius 3 is 2.43 bits per heavy atom. The van der Waals surface area contributed by atoms with Crippen LogP contribution in [0.5, 0.6) is 11.5 Å². The Hall–Kier alpha value is -2.17. The molecule has 0 unspecified atom stereocenters. The van der Waals surface area contributed by atoms with E-state index in [-0.39, 0.29) is 6.04 Å². The summed E-state index contributed by atoms with van der Waals surface area (Å²) < 4.78 is 39.7. The van der Waals surface area contributed by atoms with Crippen LogP contribution in [0.4, 0.5) is 5.82 Å². The standard InChI is InChI=1S/C20H31N5O4S/c1-14(2)24-30(26,27)23-8-5-15-6-9-25(10-7-15)20-16-11-18(28-3)19(29-4)12-17(16)21-13-22-20/h11-15,23-24H,5-10H2,1-4H3. The topological polar surface area (TPSA) is 106 Å². The highest BCUT2D eigenvalue weighted by atomic mass is 32.2. The van der Waals surface area contributed by atoms with Gasteiger partial charge in [0.2, 0.25) is 0 Å². The zero-order chi connectivity index (χ0) is 21.7. The first-order chi connectivity index (χ1) is 14.3. The lowest BCUT2D eigenvalue weighted by atomic mass is 9.93. The van der Waals surface area contributed by atoms with Crippen LogP contribution in [0.2, 0.25) is 0 Å². The summed E-state index contributed by atoms with van der Waals surface area (Å²) in [6.45, 7) is 5.78. The molecule has 2 heterocycles. The van der Waals surface area contributed by atoms with Crippen molar-refractivity contribution in [3.63, 3.8) is 0 Å². The molecule has 0 saturated carbocycles. The van der Waals surface area contributed by atoms with Gasteiger partial charge in [0.1, 0.15) is 12.1 Å². The predicted octanol–water partition coefficient (Wildman–Crippen LogP) is 2.09. The van der Waals surface area contributed by atoms with Crippen LogP contribution in [-0.2, 0) is 10.2 Å². The van der Waals surface area contributed by atoms with Gasteiger partial charge in [0.05, 0.1) is 19.7 Å². The third kappa shape index (κ3) is 5.50. The second-order valence-electron chi connectivity index (χ2n) is 7.81. The first kappa shape index (κ1) is 22.5. The van der Waals surface area contributed by atoms with Crippen molar-refractivity contribution >= 4 is 26.9 Å². The summed E-state index contributed by atoms with van der Waals surface area (Å²) in [5.41, 5.74) is 0.812. The third-order valence-electron chi connectivity index (χ3n) is 5.27. The van der Waals surface area contributed by atoms with Crippen LogP contribution >= 0.6 is 0 Å². The number of piperidine rings is 1. The van der Waals surface area contributed by atoms with Crippen molar-refractivity contribution in [2.75, 3.05) is 38.8 Å². The second kappa shape index (κ2) is 9.76. The van der Waals surface area contributed by atoms with Crippen molar-refractivity contribution in [1.29, 1.82) is 0 Å². The molecule has 0 atom stereocenters. The molecule has 0 amide bonds. The molecular formula is C20H31N5O4S. The number of benzene rings is 1. The van der Waals surface area contributed by atoms with Crippen LogP contribution < -0.4 is 23.8 Å². The number of ether oxygens (including phenoxy) is 2. The van der Waals surface area contributed by atoms with Crippen molar-refractivity contribution in [2.24, 2.45) is 5.92 Å². The Bertz CT molecular complexity index is 959. The van der Waals surface area contributed by atoms with E-state index in [0.29, 0.717) is 24.0 Å². The van der Waals surface area contributed by atoms with Crippen LogP contribution in [0.15, 0.2) is 18.5 Å². The maximum absolute atomic E-state index is 11.9. The Morgan fingerprint density at radius 2 is 1.80 bits per heavy atom. The number of methoxy groups -OCH3 is 2. The Labute approximate surface area is 178 Å². The van der Waals surface area contributed by atoms with Gasteiger partial charge in [-0.15, -0.1) is 0 Å². The zero-order valence-electron chi connectivity index (χ0n) is 18.0. The van der Waals surface area contributed by atoms with Crippen LogP contribution in [0.1, 0.15) is 33.1 Å². The van der Waals surface area contributed by atoms with E-state index >= 15 is 0 Å². The molecule has 10 heteroatoms. The molecule has 0 aliphatic carbocycles. The molecule has 1 aromatic carbocycles. The lowest BCUT2D eigenvalue weighted by Gasteiger charge is -2.33. The molecule has 1 saturated heterocycles. The maximum Gasteiger partial charge on any atom is 0.277 e. The number of anilines is 1. The van der Waals surface area contributed by atoms with E-state index in [4.69, 9.17) is 9.47 Å². The van der Waals surface area contributed by atoms with Gasteiger partial charge in [0, 0.05) is 37.1 Å². The molecule has 1 fully saturated rings. The number of hydrogen-bond donors (Lipinski definition) is 2. The fourth-order valence-electron chi connectivity index (χ4n) is 3.80. The van der Waals surface area contributed by atoms with E-state index in [1.54, 1.807) is 34.4 Å². The number of nitrogens with one attached hydrogen (secondary N) is 2. The quantitative estimate of drug-likeness (QED) is 0.619. The van der Waals surface area contributed by atoms with Gasteiger partial charge < -0.3 is 14.4 Å². The van der Waals surface area contributed by atoms with Crippen molar-refractivity contribution in [3.8, 4) is 11.5 Å². The summed E-state index contributed by atoms with van der Waals surface area (Å²) in [5.74, 6) is 2.66. The molecule has 2 aromatic rings. The summed E-state index contributed by atoms with van der Waals surface area (Å²) in [6.07, 6.45) is 4.37. The average molecular weight is 438 g/mol. The highest BCUT2D eigenvalue weighted by molar-refractivity contribution is 7.87. The zero-order valence-corrected chi connectivity index (χ0v) is 18.8. The highest BCUT2D eigenvalue weighted by Gasteiger charge is 2.23. The Balaban J connectivity index is 1.62. The number of hydrogen-bond acceptors (Lipinski definition) is 7. The lowest BCUT2D eigenvalue weighted by molar-refractivity contribution is 0.355. The number of rotatable bonds is 9. The minimum absolute atomic E-state index is 0.119. The first-order valence-corrected chi connectivity index (χ1v) is 11.7. The normalized spacial score (nSPS) is 15.7. The van der Waals surface area contributed by atoms with Gasteiger partial charge in [-0.1, -0.05) is 0 Å². The van der Waals surface area contributed by atoms with Gasteiger partial charge >= 0.3 is 0 Å². The molecule has 3 rings (SSSR count). The molecule has 166 valence electrons. The molecule has 1 aliphatic rings. The summed E-state index contributed by atoms with van der Waals surface area (Å²) in [4.78, 5) is 11.2. The van der Waals surface area contributed by atoms with Gasteiger partial charge in [0.25, 0.3) is 10.2 Å². The van der Waals surface area contributed by atoms with Crippen LogP contribution in [0.3, 0.4) is 0 Å². The predicted molar refractivity (Wildman–Crippen MR) is 117 cm³/mol. The summed E-state index contributed by atoms with van der Waals surface area (Å²) in [5, 5.41) is 0.932. The first-order valence-electron chi connectivity index (χ1n) is 10.2. The van der Waals surface area contributed by atoms with Crippen LogP contribution in [-0.4, -0.2) is 58.3 Å². The average Bonchev–Trinajstić information content (AvgIpc) is 2.71. The Kier molecular flexibility index (Phi) is 7.32. The van der Waals surface area contributed by atoms with Crippen molar-refractivity contribution in [2.45, 2.75) is 39.2 Å². The van der Waals surface area contributed by atoms with E-state index in [0.717, 1.165) is 49.1 Å². The van der Waals surface area contributed by atoms with Gasteiger partial charge in [0.15, 0.2) is 11.5 Å². The van der Waals surface area contributed by atoms with Gasteiger partial charge in [-0.3, -0.25) is 0 Å². The molecule has 30 heavy (non-hydrogen) atoms. The molecule has 0 bridgehead atoms. The summed E-state index contributed by atoms with van der Waals surface area (Å²) >= 11 is 0. The molecule has 0 radical (unpaired) electrons. The minimum atomic E-state index is -3.42. The van der Waals surface area contributed by atoms with Crippen LogP contribution in [0, 0.1) is 5.92 Å². The van der Waals surface area contributed by atoms with Gasteiger partial charge in [-0.05, 0) is 45.1 Å². The van der Waals surface area contributed by atoms with E-state index < -0.39 is 10.2 Å². The van der Waals surface area contributed by atoms with Gasteiger partial charge in [-0.25, -0.2) is 14.7 Å². The summed E-state index contributed by atoms with van der Waals surface area (Å²) in [6, 6.07) is 3.67. The second-order valence-corrected chi connectivity index (χ2v) is 9.34. The fourth-order valence-corrected chi connectivity index (χ4v) is 4.89. The highest BCUT2D eigenvalue weighted by Crippen LogP contribution is 2.35. The van der Waals surface area contributed by atoms with Crippen molar-refractivity contribution < 1.29 is 17.9 Å². The Morgan fingerprint density at radius 1 is 1.13 bits per heavy atom. The molecule has 1 aliphatic heterocycles. The van der Waals surface area contributed by atoms with Crippen molar-refractivity contribution in [1.82, 2.24) is 19.4 Å². The molecule has 0 spiro atoms. The third-order valence-corrected chi connectivity index (χ3v) is 6.64. The van der Waals surface area contributed by atoms with E-state index in [1.165, 1.54) is 0 Å². The number of aromatic nitrogens is 2. The SMILES string of the molecule is COc1cc2ncnc(N3CCC(CCNS(=O)(=O)NC(C)C)CC3)c2cc1OC. The van der Waals surface area contributed by atoms with E-state index in [1.807, 2.05) is 12.1 Å². The molecule has 1 aromatic heterocycles. The van der Waals surface area contributed by atoms with E-state index in [2.05, 4.69) is 24.3 Å². The van der Waals surface area contributed by atoms with Gasteiger partial charge in [-0.2, -0.15) is 13.1 Å². The molecule has 2 N–H and O–H groups in total. The molecule has 9 nitrogen and oxygen atoms in total. The number of fused-ring (bicyclic) bond motifs is 1. The minimum Gasteiger partial charge on any atom is -0.493 e. The van der Waals surface area contributed by atoms with Crippen LogP contribution in [0.25, 0.3) is 10.9 Å². The summed E-state index contributed by atoms with van der Waals surface area (Å²) in [7, 11) is -0.200. The smallest absolute Gasteiger partial charge is 0.277 e. The monoisotopic (exact) mass is 437 g/mol. The maximum atomic E-state index is 11.9. The molecular weight excluding hydrogens is 406 g/mol. The lowest BCUT2D eigenvalue weighted by Crippen LogP contribution is -2.41. The largest absolute Gasteiger partial charge is 0.493 e. The fraction of sp³-hybridized carbons (Fsp3) is 0.600. The van der Waals surface area contributed by atoms with Crippen molar-refractivity contribution in [3.05, 3.63) is 18.5 Å².